The summed E-state index contributed by atoms with van der Waals surface area (Å²) >= 11 is 6.00. The van der Waals surface area contributed by atoms with Gasteiger partial charge >= 0.3 is 6.03 Å². The van der Waals surface area contributed by atoms with Crippen molar-refractivity contribution in [2.45, 2.75) is 6.92 Å². The molecule has 0 unspecified atom stereocenters. The summed E-state index contributed by atoms with van der Waals surface area (Å²) in [5.74, 6) is 0.271. The van der Waals surface area contributed by atoms with E-state index in [1.54, 1.807) is 19.2 Å². The lowest BCUT2D eigenvalue weighted by Gasteiger charge is -2.16. The van der Waals surface area contributed by atoms with Gasteiger partial charge in [0.1, 0.15) is 5.84 Å². The highest BCUT2D eigenvalue weighted by molar-refractivity contribution is 6.32. The van der Waals surface area contributed by atoms with Gasteiger partial charge in [0.2, 0.25) is 0 Å². The zero-order chi connectivity index (χ0) is 11.9. The van der Waals surface area contributed by atoms with Gasteiger partial charge in [0.05, 0.1) is 12.2 Å². The van der Waals surface area contributed by atoms with E-state index in [0.717, 1.165) is 5.56 Å². The molecule has 1 fully saturated rings. The standard InChI is InChI=1S/C11H12ClN3O/c1-7-3-4-8(5-9(7)12)15-10(13)6-14(2)11(15)16/h3-5,13H,6H2,1-2H3. The van der Waals surface area contributed by atoms with Crippen LogP contribution in [0.4, 0.5) is 10.5 Å². The molecule has 1 aromatic carbocycles. The van der Waals surface area contributed by atoms with Gasteiger partial charge in [-0.15, -0.1) is 0 Å². The zero-order valence-electron chi connectivity index (χ0n) is 9.12. The normalized spacial score (nSPS) is 16.2. The Labute approximate surface area is 98.9 Å². The van der Waals surface area contributed by atoms with E-state index in [1.165, 1.54) is 9.80 Å². The summed E-state index contributed by atoms with van der Waals surface area (Å²) in [6.45, 7) is 2.24. The number of hydrogen-bond acceptors (Lipinski definition) is 2. The number of amides is 2. The van der Waals surface area contributed by atoms with Crippen LogP contribution in [0.5, 0.6) is 0 Å². The van der Waals surface area contributed by atoms with E-state index in [9.17, 15) is 4.79 Å². The quantitative estimate of drug-likeness (QED) is 0.802. The summed E-state index contributed by atoms with van der Waals surface area (Å²) < 4.78 is 0. The van der Waals surface area contributed by atoms with E-state index < -0.39 is 0 Å². The van der Waals surface area contributed by atoms with Crippen molar-refractivity contribution in [1.29, 1.82) is 5.41 Å². The lowest BCUT2D eigenvalue weighted by molar-refractivity contribution is 0.229. The van der Waals surface area contributed by atoms with E-state index in [4.69, 9.17) is 17.0 Å². The van der Waals surface area contributed by atoms with Crippen molar-refractivity contribution in [1.82, 2.24) is 4.90 Å². The van der Waals surface area contributed by atoms with Crippen molar-refractivity contribution in [3.8, 4) is 0 Å². The van der Waals surface area contributed by atoms with Crippen LogP contribution >= 0.6 is 11.6 Å². The fourth-order valence-corrected chi connectivity index (χ4v) is 1.81. The number of urea groups is 1. The van der Waals surface area contributed by atoms with Crippen molar-refractivity contribution < 1.29 is 4.79 Å². The second-order valence-electron chi connectivity index (χ2n) is 3.85. The van der Waals surface area contributed by atoms with Crippen molar-refractivity contribution in [2.75, 3.05) is 18.5 Å². The molecule has 1 N–H and O–H groups in total. The summed E-state index contributed by atoms with van der Waals surface area (Å²) in [6.07, 6.45) is 0. The van der Waals surface area contributed by atoms with Gasteiger partial charge in [-0.1, -0.05) is 17.7 Å². The van der Waals surface area contributed by atoms with Gasteiger partial charge in [0.25, 0.3) is 0 Å². The number of nitrogens with zero attached hydrogens (tertiary/aromatic N) is 2. The molecular formula is C11H12ClN3O. The number of likely N-dealkylation sites (N-methyl/N-ethyl adjacent to an activating group) is 1. The lowest BCUT2D eigenvalue weighted by Crippen LogP contribution is -2.31. The SMILES string of the molecule is Cc1ccc(N2C(=N)CN(C)C2=O)cc1Cl. The van der Waals surface area contributed by atoms with E-state index in [1.807, 2.05) is 13.0 Å². The Morgan fingerprint density at radius 3 is 2.62 bits per heavy atom. The van der Waals surface area contributed by atoms with Crippen molar-refractivity contribution in [3.63, 3.8) is 0 Å². The third-order valence-corrected chi connectivity index (χ3v) is 3.00. The first-order chi connectivity index (χ1) is 7.50. The molecule has 5 heteroatoms. The third-order valence-electron chi connectivity index (χ3n) is 2.59. The summed E-state index contributed by atoms with van der Waals surface area (Å²) in [6, 6.07) is 5.16. The van der Waals surface area contributed by atoms with Crippen molar-refractivity contribution >= 4 is 29.2 Å². The van der Waals surface area contributed by atoms with Crippen LogP contribution in [0.2, 0.25) is 5.02 Å². The first-order valence-electron chi connectivity index (χ1n) is 4.89. The Kier molecular flexibility index (Phi) is 2.59. The fourth-order valence-electron chi connectivity index (χ4n) is 1.64. The number of anilines is 1. The minimum absolute atomic E-state index is 0.190. The molecule has 2 rings (SSSR count). The van der Waals surface area contributed by atoms with Crippen molar-refractivity contribution in [3.05, 3.63) is 28.8 Å². The van der Waals surface area contributed by atoms with Crippen LogP contribution in [0.15, 0.2) is 18.2 Å². The van der Waals surface area contributed by atoms with Crippen LogP contribution in [0.25, 0.3) is 0 Å². The Hall–Kier alpha value is -1.55. The summed E-state index contributed by atoms with van der Waals surface area (Å²) in [5.41, 5.74) is 1.60. The monoisotopic (exact) mass is 237 g/mol. The molecule has 1 aliphatic heterocycles. The molecule has 4 nitrogen and oxygen atoms in total. The van der Waals surface area contributed by atoms with E-state index in [-0.39, 0.29) is 11.9 Å². The predicted molar refractivity (Wildman–Crippen MR) is 64.4 cm³/mol. The number of aryl methyl sites for hydroxylation is 1. The number of carbonyl (C=O) groups is 1. The van der Waals surface area contributed by atoms with Gasteiger partial charge in [-0.05, 0) is 24.6 Å². The zero-order valence-corrected chi connectivity index (χ0v) is 9.88. The average Bonchev–Trinajstić information content (AvgIpc) is 2.47. The van der Waals surface area contributed by atoms with Crippen LogP contribution in [0.1, 0.15) is 5.56 Å². The van der Waals surface area contributed by atoms with Crippen LogP contribution < -0.4 is 4.90 Å². The van der Waals surface area contributed by atoms with E-state index >= 15 is 0 Å². The highest BCUT2D eigenvalue weighted by Crippen LogP contribution is 2.26. The average molecular weight is 238 g/mol. The smallest absolute Gasteiger partial charge is 0.320 e. The molecular weight excluding hydrogens is 226 g/mol. The topological polar surface area (TPSA) is 47.4 Å². The predicted octanol–water partition coefficient (Wildman–Crippen LogP) is 2.50. The number of benzene rings is 1. The van der Waals surface area contributed by atoms with Crippen molar-refractivity contribution in [2.24, 2.45) is 0 Å². The summed E-state index contributed by atoms with van der Waals surface area (Å²) in [5, 5.41) is 8.35. The van der Waals surface area contributed by atoms with Gasteiger partial charge < -0.3 is 4.90 Å². The molecule has 1 saturated heterocycles. The minimum atomic E-state index is -0.190. The Morgan fingerprint density at radius 1 is 1.44 bits per heavy atom. The molecule has 0 atom stereocenters. The second-order valence-corrected chi connectivity index (χ2v) is 4.26. The first-order valence-corrected chi connectivity index (χ1v) is 5.27. The number of hydrogen-bond donors (Lipinski definition) is 1. The van der Waals surface area contributed by atoms with Gasteiger partial charge in [0.15, 0.2) is 0 Å². The fraction of sp³-hybridized carbons (Fsp3) is 0.273. The maximum absolute atomic E-state index is 11.8. The number of nitrogens with one attached hydrogen (secondary N) is 1. The molecule has 1 aromatic rings. The number of rotatable bonds is 1. The molecule has 1 heterocycles. The molecule has 0 bridgehead atoms. The largest absolute Gasteiger partial charge is 0.330 e. The number of halogens is 1. The number of amidine groups is 1. The minimum Gasteiger partial charge on any atom is -0.320 e. The Morgan fingerprint density at radius 2 is 2.12 bits per heavy atom. The van der Waals surface area contributed by atoms with Crippen LogP contribution in [0, 0.1) is 12.3 Å². The first kappa shape index (κ1) is 11.0. The van der Waals surface area contributed by atoms with Gasteiger partial charge in [0, 0.05) is 12.1 Å². The molecule has 0 radical (unpaired) electrons. The second kappa shape index (κ2) is 3.79. The molecule has 1 aliphatic rings. The van der Waals surface area contributed by atoms with E-state index in [0.29, 0.717) is 17.3 Å². The number of carbonyl (C=O) groups excluding carboxylic acids is 1. The third kappa shape index (κ3) is 1.65. The molecule has 0 aromatic heterocycles. The highest BCUT2D eigenvalue weighted by Gasteiger charge is 2.31. The Bertz CT molecular complexity index is 472. The Balaban J connectivity index is 2.41. The molecule has 0 aliphatic carbocycles. The summed E-state index contributed by atoms with van der Waals surface area (Å²) in [4.78, 5) is 14.6. The molecule has 2 amide bonds. The molecule has 16 heavy (non-hydrogen) atoms. The van der Waals surface area contributed by atoms with Crippen LogP contribution in [0.3, 0.4) is 0 Å². The molecule has 0 saturated carbocycles. The maximum Gasteiger partial charge on any atom is 0.330 e. The molecule has 0 spiro atoms. The lowest BCUT2D eigenvalue weighted by atomic mass is 10.2. The maximum atomic E-state index is 11.8. The van der Waals surface area contributed by atoms with Gasteiger partial charge in [-0.3, -0.25) is 5.41 Å². The van der Waals surface area contributed by atoms with Crippen LogP contribution in [-0.2, 0) is 0 Å². The summed E-state index contributed by atoms with van der Waals surface area (Å²) in [7, 11) is 1.67. The van der Waals surface area contributed by atoms with Gasteiger partial charge in [-0.25, -0.2) is 9.69 Å². The van der Waals surface area contributed by atoms with E-state index in [2.05, 4.69) is 0 Å². The molecule has 84 valence electrons. The highest BCUT2D eigenvalue weighted by atomic mass is 35.5. The van der Waals surface area contributed by atoms with Gasteiger partial charge in [-0.2, -0.15) is 0 Å². The van der Waals surface area contributed by atoms with Crippen LogP contribution in [-0.4, -0.2) is 30.4 Å².